The first-order valence-corrected chi connectivity index (χ1v) is 6.93. The molecule has 1 fully saturated rings. The zero-order valence-corrected chi connectivity index (χ0v) is 11.9. The molecular formula is C14H18BrNO. The van der Waals surface area contributed by atoms with Gasteiger partial charge in [-0.25, -0.2) is 0 Å². The summed E-state index contributed by atoms with van der Waals surface area (Å²) in [6.07, 6.45) is 3.77. The number of carbonyl (C=O) groups excluding carboxylic acids is 1. The van der Waals surface area contributed by atoms with E-state index in [9.17, 15) is 4.79 Å². The molecule has 0 bridgehead atoms. The number of hydrogen-bond acceptors (Lipinski definition) is 1. The average Bonchev–Trinajstić information content (AvgIpc) is 3.05. The van der Waals surface area contributed by atoms with Crippen LogP contribution in [0.5, 0.6) is 0 Å². The fraction of sp³-hybridized carbons (Fsp3) is 0.500. The van der Waals surface area contributed by atoms with Crippen LogP contribution in [0, 0.1) is 12.8 Å². The van der Waals surface area contributed by atoms with E-state index in [-0.39, 0.29) is 11.9 Å². The van der Waals surface area contributed by atoms with Crippen molar-refractivity contribution in [3.8, 4) is 0 Å². The number of amides is 1. The molecule has 2 rings (SSSR count). The second-order valence-electron chi connectivity index (χ2n) is 4.97. The van der Waals surface area contributed by atoms with Crippen LogP contribution < -0.4 is 5.32 Å². The van der Waals surface area contributed by atoms with Gasteiger partial charge >= 0.3 is 0 Å². The van der Waals surface area contributed by atoms with Crippen LogP contribution in [-0.2, 0) is 0 Å². The van der Waals surface area contributed by atoms with Crippen LogP contribution in [-0.4, -0.2) is 11.9 Å². The number of hydrogen-bond donors (Lipinski definition) is 1. The third kappa shape index (κ3) is 3.32. The molecule has 0 heterocycles. The fourth-order valence-electron chi connectivity index (χ4n) is 2.07. The number of benzene rings is 1. The molecule has 17 heavy (non-hydrogen) atoms. The summed E-state index contributed by atoms with van der Waals surface area (Å²) in [6, 6.07) is 6.00. The van der Waals surface area contributed by atoms with Gasteiger partial charge in [-0.2, -0.15) is 0 Å². The molecule has 2 nitrogen and oxygen atoms in total. The minimum Gasteiger partial charge on any atom is -0.350 e. The predicted octanol–water partition coefficient (Wildman–Crippen LogP) is 3.68. The van der Waals surface area contributed by atoms with Gasteiger partial charge in [0.25, 0.3) is 5.91 Å². The Bertz CT molecular complexity index is 426. The highest BCUT2D eigenvalue weighted by atomic mass is 79.9. The molecule has 1 unspecified atom stereocenters. The largest absolute Gasteiger partial charge is 0.350 e. The molecule has 1 aliphatic rings. The highest BCUT2D eigenvalue weighted by Gasteiger charge is 2.24. The van der Waals surface area contributed by atoms with Crippen molar-refractivity contribution in [2.45, 2.75) is 39.2 Å². The highest BCUT2D eigenvalue weighted by molar-refractivity contribution is 9.10. The summed E-state index contributed by atoms with van der Waals surface area (Å²) in [5.74, 6) is 0.880. The molecule has 0 saturated heterocycles. The first-order chi connectivity index (χ1) is 8.08. The third-order valence-electron chi connectivity index (χ3n) is 3.27. The standard InChI is InChI=1S/C14H18BrNO/c1-9(8-11-6-7-11)16-14(17)12-4-3-5-13(15)10(12)2/h3-5,9,11H,6-8H2,1-2H3,(H,16,17). The molecule has 0 spiro atoms. The summed E-state index contributed by atoms with van der Waals surface area (Å²) < 4.78 is 0.986. The van der Waals surface area contributed by atoms with E-state index in [0.29, 0.717) is 0 Å². The van der Waals surface area contributed by atoms with Crippen LogP contribution in [0.1, 0.15) is 42.1 Å². The quantitative estimate of drug-likeness (QED) is 0.902. The summed E-state index contributed by atoms with van der Waals surface area (Å²) in [7, 11) is 0. The fourth-order valence-corrected chi connectivity index (χ4v) is 2.43. The third-order valence-corrected chi connectivity index (χ3v) is 4.13. The molecule has 0 radical (unpaired) electrons. The predicted molar refractivity (Wildman–Crippen MR) is 73.1 cm³/mol. The number of halogens is 1. The molecule has 1 aromatic rings. The lowest BCUT2D eigenvalue weighted by molar-refractivity contribution is 0.0936. The molecule has 0 aliphatic heterocycles. The summed E-state index contributed by atoms with van der Waals surface area (Å²) in [5.41, 5.74) is 1.77. The van der Waals surface area contributed by atoms with Gasteiger partial charge in [-0.05, 0) is 43.9 Å². The van der Waals surface area contributed by atoms with Crippen LogP contribution in [0.15, 0.2) is 22.7 Å². The van der Waals surface area contributed by atoms with Crippen molar-refractivity contribution in [3.63, 3.8) is 0 Å². The minimum atomic E-state index is 0.0388. The Morgan fingerprint density at radius 3 is 2.88 bits per heavy atom. The van der Waals surface area contributed by atoms with E-state index in [0.717, 1.165) is 27.9 Å². The van der Waals surface area contributed by atoms with Gasteiger partial charge in [-0.15, -0.1) is 0 Å². The van der Waals surface area contributed by atoms with Gasteiger partial charge in [0.15, 0.2) is 0 Å². The van der Waals surface area contributed by atoms with E-state index in [2.05, 4.69) is 28.2 Å². The highest BCUT2D eigenvalue weighted by Crippen LogP contribution is 2.33. The first kappa shape index (κ1) is 12.6. The van der Waals surface area contributed by atoms with E-state index in [1.165, 1.54) is 12.8 Å². The van der Waals surface area contributed by atoms with Crippen LogP contribution in [0.3, 0.4) is 0 Å². The minimum absolute atomic E-state index is 0.0388. The molecule has 1 N–H and O–H groups in total. The van der Waals surface area contributed by atoms with E-state index in [4.69, 9.17) is 0 Å². The molecule has 1 aromatic carbocycles. The number of rotatable bonds is 4. The Hall–Kier alpha value is -0.830. The summed E-state index contributed by atoms with van der Waals surface area (Å²) in [4.78, 5) is 12.1. The van der Waals surface area contributed by atoms with Crippen LogP contribution in [0.4, 0.5) is 0 Å². The zero-order chi connectivity index (χ0) is 12.4. The van der Waals surface area contributed by atoms with E-state index in [1.807, 2.05) is 25.1 Å². The van der Waals surface area contributed by atoms with Crippen molar-refractivity contribution in [3.05, 3.63) is 33.8 Å². The van der Waals surface area contributed by atoms with Crippen molar-refractivity contribution >= 4 is 21.8 Å². The van der Waals surface area contributed by atoms with Crippen molar-refractivity contribution < 1.29 is 4.79 Å². The van der Waals surface area contributed by atoms with Gasteiger partial charge in [0, 0.05) is 16.1 Å². The lowest BCUT2D eigenvalue weighted by atomic mass is 10.1. The van der Waals surface area contributed by atoms with Crippen LogP contribution >= 0.6 is 15.9 Å². The normalized spacial score (nSPS) is 16.6. The van der Waals surface area contributed by atoms with Crippen LogP contribution in [0.25, 0.3) is 0 Å². The Labute approximate surface area is 111 Å². The van der Waals surface area contributed by atoms with Gasteiger partial charge in [0.05, 0.1) is 0 Å². The summed E-state index contributed by atoms with van der Waals surface area (Å²) >= 11 is 3.45. The smallest absolute Gasteiger partial charge is 0.251 e. The van der Waals surface area contributed by atoms with Gasteiger partial charge in [-0.3, -0.25) is 4.79 Å². The molecule has 1 amide bonds. The van der Waals surface area contributed by atoms with Gasteiger partial charge in [0.2, 0.25) is 0 Å². The van der Waals surface area contributed by atoms with Crippen LogP contribution in [0.2, 0.25) is 0 Å². The summed E-state index contributed by atoms with van der Waals surface area (Å²) in [6.45, 7) is 4.05. The van der Waals surface area contributed by atoms with Gasteiger partial charge in [0.1, 0.15) is 0 Å². The lowest BCUT2D eigenvalue weighted by Crippen LogP contribution is -2.33. The van der Waals surface area contributed by atoms with Crippen molar-refractivity contribution in [1.82, 2.24) is 5.32 Å². The maximum Gasteiger partial charge on any atom is 0.251 e. The lowest BCUT2D eigenvalue weighted by Gasteiger charge is -2.14. The second-order valence-corrected chi connectivity index (χ2v) is 5.82. The van der Waals surface area contributed by atoms with Gasteiger partial charge < -0.3 is 5.32 Å². The Morgan fingerprint density at radius 2 is 2.24 bits per heavy atom. The SMILES string of the molecule is Cc1c(Br)cccc1C(=O)NC(C)CC1CC1. The molecule has 92 valence electrons. The van der Waals surface area contributed by atoms with E-state index >= 15 is 0 Å². The molecule has 1 aliphatic carbocycles. The van der Waals surface area contributed by atoms with Gasteiger partial charge in [-0.1, -0.05) is 34.8 Å². The van der Waals surface area contributed by atoms with Crippen molar-refractivity contribution in [2.75, 3.05) is 0 Å². The number of nitrogens with one attached hydrogen (secondary N) is 1. The zero-order valence-electron chi connectivity index (χ0n) is 10.3. The topological polar surface area (TPSA) is 29.1 Å². The maximum absolute atomic E-state index is 12.1. The molecule has 1 atom stereocenters. The molecule has 0 aromatic heterocycles. The maximum atomic E-state index is 12.1. The average molecular weight is 296 g/mol. The van der Waals surface area contributed by atoms with E-state index in [1.54, 1.807) is 0 Å². The molecular weight excluding hydrogens is 278 g/mol. The number of carbonyl (C=O) groups is 1. The monoisotopic (exact) mass is 295 g/mol. The Morgan fingerprint density at radius 1 is 1.53 bits per heavy atom. The Balaban J connectivity index is 2.00. The van der Waals surface area contributed by atoms with Crippen molar-refractivity contribution in [1.29, 1.82) is 0 Å². The summed E-state index contributed by atoms with van der Waals surface area (Å²) in [5, 5.41) is 3.08. The van der Waals surface area contributed by atoms with Crippen molar-refractivity contribution in [2.24, 2.45) is 5.92 Å². The Kier molecular flexibility index (Phi) is 3.87. The molecule has 1 saturated carbocycles. The first-order valence-electron chi connectivity index (χ1n) is 6.14. The second kappa shape index (κ2) is 5.21. The molecule has 3 heteroatoms. The van der Waals surface area contributed by atoms with E-state index < -0.39 is 0 Å².